The zero-order chi connectivity index (χ0) is 14.0. The Hall–Kier alpha value is -0.930. The molecule has 2 nitrogen and oxygen atoms in total. The molecule has 0 saturated heterocycles. The number of hydrogen-bond acceptors (Lipinski definition) is 2. The quantitative estimate of drug-likeness (QED) is 0.905. The molecule has 1 aromatic carbocycles. The van der Waals surface area contributed by atoms with Crippen LogP contribution < -0.4 is 0 Å². The molecule has 0 aliphatic heterocycles. The smallest absolute Gasteiger partial charge is 0.123 e. The van der Waals surface area contributed by atoms with Gasteiger partial charge in [-0.2, -0.15) is 0 Å². The van der Waals surface area contributed by atoms with Crippen molar-refractivity contribution in [2.45, 2.75) is 44.2 Å². The summed E-state index contributed by atoms with van der Waals surface area (Å²) in [4.78, 5) is 2.17. The third-order valence-electron chi connectivity index (χ3n) is 4.64. The molecule has 3 heteroatoms. The van der Waals surface area contributed by atoms with E-state index in [4.69, 9.17) is 0 Å². The zero-order valence-electron chi connectivity index (χ0n) is 12.1. The standard InChI is InChI=1S/C16H24FNO/c1-12(18(2)3)15-5-4-10-16(15,19)11-13-6-8-14(17)9-7-13/h6-9,12,15,19H,4-5,10-11H2,1-3H3. The third kappa shape index (κ3) is 3.15. The van der Waals surface area contributed by atoms with Crippen molar-refractivity contribution in [2.75, 3.05) is 14.1 Å². The van der Waals surface area contributed by atoms with Gasteiger partial charge in [-0.3, -0.25) is 0 Å². The summed E-state index contributed by atoms with van der Waals surface area (Å²) in [6.45, 7) is 2.17. The summed E-state index contributed by atoms with van der Waals surface area (Å²) >= 11 is 0. The first-order valence-corrected chi connectivity index (χ1v) is 7.05. The van der Waals surface area contributed by atoms with E-state index in [1.165, 1.54) is 12.1 Å². The van der Waals surface area contributed by atoms with E-state index in [9.17, 15) is 9.50 Å². The van der Waals surface area contributed by atoms with Crippen LogP contribution in [0.25, 0.3) is 0 Å². The fourth-order valence-electron chi connectivity index (χ4n) is 3.31. The van der Waals surface area contributed by atoms with E-state index in [0.717, 1.165) is 24.8 Å². The van der Waals surface area contributed by atoms with Crippen LogP contribution in [0.15, 0.2) is 24.3 Å². The van der Waals surface area contributed by atoms with Gasteiger partial charge in [0.1, 0.15) is 5.82 Å². The highest BCUT2D eigenvalue weighted by atomic mass is 19.1. The topological polar surface area (TPSA) is 23.5 Å². The van der Waals surface area contributed by atoms with Gasteiger partial charge in [-0.15, -0.1) is 0 Å². The fraction of sp³-hybridized carbons (Fsp3) is 0.625. The Kier molecular flexibility index (Phi) is 4.26. The molecule has 1 aliphatic carbocycles. The van der Waals surface area contributed by atoms with Crippen molar-refractivity contribution < 1.29 is 9.50 Å². The molecule has 0 bridgehead atoms. The van der Waals surface area contributed by atoms with Crippen LogP contribution in [0, 0.1) is 11.7 Å². The minimum absolute atomic E-state index is 0.222. The first-order chi connectivity index (χ1) is 8.92. The lowest BCUT2D eigenvalue weighted by Crippen LogP contribution is -2.46. The lowest BCUT2D eigenvalue weighted by Gasteiger charge is -2.37. The predicted molar refractivity (Wildman–Crippen MR) is 75.5 cm³/mol. The second kappa shape index (κ2) is 5.59. The van der Waals surface area contributed by atoms with E-state index in [0.29, 0.717) is 12.5 Å². The molecule has 0 radical (unpaired) electrons. The van der Waals surface area contributed by atoms with Gasteiger partial charge in [0.05, 0.1) is 5.60 Å². The molecule has 106 valence electrons. The molecule has 3 atom stereocenters. The second-order valence-corrected chi connectivity index (χ2v) is 6.11. The lowest BCUT2D eigenvalue weighted by molar-refractivity contribution is -0.0240. The van der Waals surface area contributed by atoms with Crippen molar-refractivity contribution in [1.29, 1.82) is 0 Å². The minimum Gasteiger partial charge on any atom is -0.389 e. The Balaban J connectivity index is 2.14. The van der Waals surface area contributed by atoms with E-state index in [1.807, 2.05) is 0 Å². The Bertz CT molecular complexity index is 417. The predicted octanol–water partition coefficient (Wildman–Crippen LogP) is 2.85. The first-order valence-electron chi connectivity index (χ1n) is 7.05. The average Bonchev–Trinajstić information content (AvgIpc) is 2.73. The molecule has 3 unspecified atom stereocenters. The molecule has 0 amide bonds. The maximum absolute atomic E-state index is 12.9. The Labute approximate surface area is 115 Å². The van der Waals surface area contributed by atoms with E-state index in [1.54, 1.807) is 12.1 Å². The fourth-order valence-corrected chi connectivity index (χ4v) is 3.31. The Morgan fingerprint density at radius 2 is 2.00 bits per heavy atom. The molecule has 1 N–H and O–H groups in total. The molecule has 19 heavy (non-hydrogen) atoms. The van der Waals surface area contributed by atoms with Crippen LogP contribution in [-0.4, -0.2) is 35.7 Å². The summed E-state index contributed by atoms with van der Waals surface area (Å²) in [6.07, 6.45) is 3.60. The number of hydrogen-bond donors (Lipinski definition) is 1. The highest BCUT2D eigenvalue weighted by Gasteiger charge is 2.44. The van der Waals surface area contributed by atoms with Crippen LogP contribution in [0.1, 0.15) is 31.7 Å². The Morgan fingerprint density at radius 1 is 1.37 bits per heavy atom. The zero-order valence-corrected chi connectivity index (χ0v) is 12.1. The van der Waals surface area contributed by atoms with Crippen LogP contribution in [0.5, 0.6) is 0 Å². The van der Waals surface area contributed by atoms with Crippen molar-refractivity contribution in [2.24, 2.45) is 5.92 Å². The van der Waals surface area contributed by atoms with E-state index >= 15 is 0 Å². The van der Waals surface area contributed by atoms with Crippen molar-refractivity contribution in [1.82, 2.24) is 4.90 Å². The molecule has 1 saturated carbocycles. The highest BCUT2D eigenvalue weighted by Crippen LogP contribution is 2.41. The molecule has 1 aliphatic rings. The lowest BCUT2D eigenvalue weighted by atomic mass is 9.80. The van der Waals surface area contributed by atoms with Gasteiger partial charge in [0.2, 0.25) is 0 Å². The van der Waals surface area contributed by atoms with Crippen LogP contribution in [0.2, 0.25) is 0 Å². The van der Waals surface area contributed by atoms with Crippen LogP contribution in [0.4, 0.5) is 4.39 Å². The summed E-state index contributed by atoms with van der Waals surface area (Å²) in [7, 11) is 4.11. The first kappa shape index (κ1) is 14.5. The van der Waals surface area contributed by atoms with Gasteiger partial charge in [-0.05, 0) is 51.6 Å². The van der Waals surface area contributed by atoms with Crippen LogP contribution in [-0.2, 0) is 6.42 Å². The van der Waals surface area contributed by atoms with Gasteiger partial charge < -0.3 is 10.0 Å². The van der Waals surface area contributed by atoms with Gasteiger partial charge in [-0.25, -0.2) is 4.39 Å². The SMILES string of the molecule is CC(C1CCCC1(O)Cc1ccc(F)cc1)N(C)C. The number of benzene rings is 1. The van der Waals surface area contributed by atoms with Gasteiger partial charge >= 0.3 is 0 Å². The number of nitrogens with zero attached hydrogens (tertiary/aromatic N) is 1. The molecule has 0 heterocycles. The molecular weight excluding hydrogens is 241 g/mol. The maximum Gasteiger partial charge on any atom is 0.123 e. The number of halogens is 1. The number of aliphatic hydroxyl groups is 1. The van der Waals surface area contributed by atoms with E-state index < -0.39 is 5.60 Å². The molecule has 0 aromatic heterocycles. The maximum atomic E-state index is 12.9. The monoisotopic (exact) mass is 265 g/mol. The van der Waals surface area contributed by atoms with E-state index in [-0.39, 0.29) is 11.7 Å². The van der Waals surface area contributed by atoms with Crippen LogP contribution >= 0.6 is 0 Å². The van der Waals surface area contributed by atoms with Crippen molar-refractivity contribution in [3.63, 3.8) is 0 Å². The average molecular weight is 265 g/mol. The van der Waals surface area contributed by atoms with Gasteiger partial charge in [0.15, 0.2) is 0 Å². The summed E-state index contributed by atoms with van der Waals surface area (Å²) in [5, 5.41) is 11.0. The Morgan fingerprint density at radius 3 is 2.58 bits per heavy atom. The summed E-state index contributed by atoms with van der Waals surface area (Å²) in [6, 6.07) is 6.86. The summed E-state index contributed by atoms with van der Waals surface area (Å²) in [5.74, 6) is 0.0629. The normalized spacial score (nSPS) is 28.8. The third-order valence-corrected chi connectivity index (χ3v) is 4.64. The highest BCUT2D eigenvalue weighted by molar-refractivity contribution is 5.19. The van der Waals surface area contributed by atoms with Crippen molar-refractivity contribution >= 4 is 0 Å². The largest absolute Gasteiger partial charge is 0.389 e. The van der Waals surface area contributed by atoms with Gasteiger partial charge in [0, 0.05) is 18.4 Å². The molecule has 1 aromatic rings. The van der Waals surface area contributed by atoms with Gasteiger partial charge in [0.25, 0.3) is 0 Å². The molecule has 0 spiro atoms. The molecule has 2 rings (SSSR count). The van der Waals surface area contributed by atoms with E-state index in [2.05, 4.69) is 25.9 Å². The van der Waals surface area contributed by atoms with Crippen LogP contribution in [0.3, 0.4) is 0 Å². The second-order valence-electron chi connectivity index (χ2n) is 6.11. The molecule has 1 fully saturated rings. The number of rotatable bonds is 4. The minimum atomic E-state index is -0.651. The summed E-state index contributed by atoms with van der Waals surface area (Å²) in [5.41, 5.74) is 0.364. The van der Waals surface area contributed by atoms with Gasteiger partial charge in [-0.1, -0.05) is 18.6 Å². The van der Waals surface area contributed by atoms with Crippen molar-refractivity contribution in [3.05, 3.63) is 35.6 Å². The van der Waals surface area contributed by atoms with Crippen molar-refractivity contribution in [3.8, 4) is 0 Å². The molecular formula is C16H24FNO. The summed E-state index contributed by atoms with van der Waals surface area (Å²) < 4.78 is 12.9.